The van der Waals surface area contributed by atoms with Crippen LogP contribution in [0.15, 0.2) is 11.1 Å². The molecule has 1 aromatic rings. The van der Waals surface area contributed by atoms with Crippen molar-refractivity contribution in [2.75, 3.05) is 32.7 Å². The average Bonchev–Trinajstić information content (AvgIpc) is 2.96. The van der Waals surface area contributed by atoms with E-state index in [2.05, 4.69) is 52.2 Å². The van der Waals surface area contributed by atoms with Crippen LogP contribution in [0.4, 0.5) is 0 Å². The molecule has 0 amide bonds. The second kappa shape index (κ2) is 11.2. The Hall–Kier alpha value is -1.56. The van der Waals surface area contributed by atoms with Gasteiger partial charge in [0, 0.05) is 44.5 Å². The molecule has 0 spiro atoms. The van der Waals surface area contributed by atoms with E-state index in [-0.39, 0.29) is 0 Å². The summed E-state index contributed by atoms with van der Waals surface area (Å²) in [7, 11) is 0. The molecule has 0 aromatic carbocycles. The van der Waals surface area contributed by atoms with Gasteiger partial charge in [0.15, 0.2) is 5.96 Å². The number of aliphatic imine (C=N–C) groups is 1. The van der Waals surface area contributed by atoms with E-state index in [0.29, 0.717) is 0 Å². The van der Waals surface area contributed by atoms with Gasteiger partial charge < -0.3 is 10.6 Å². The molecule has 1 fully saturated rings. The molecule has 2 heterocycles. The summed E-state index contributed by atoms with van der Waals surface area (Å²) in [4.78, 5) is 7.36. The van der Waals surface area contributed by atoms with Crippen LogP contribution in [-0.4, -0.2) is 59.4 Å². The number of hydrogen-bond donors (Lipinski definition) is 2. The van der Waals surface area contributed by atoms with E-state index in [9.17, 15) is 0 Å². The zero-order chi connectivity index (χ0) is 18.8. The van der Waals surface area contributed by atoms with Crippen LogP contribution < -0.4 is 10.6 Å². The molecule has 1 aliphatic heterocycles. The molecular formula is C20H38N6. The standard InChI is InChI=1S/C20H38N6/c1-5-19-10-7-8-13-25(19)15-12-23-20(21-6-2)22-11-9-14-26-18(4)16-17(3)24-26/h16,19H,5-15H2,1-4H3,(H2,21,22,23). The maximum absolute atomic E-state index is 4.72. The molecule has 0 aliphatic carbocycles. The first-order valence-electron chi connectivity index (χ1n) is 10.4. The Kier molecular flexibility index (Phi) is 8.95. The second-order valence-corrected chi connectivity index (χ2v) is 7.29. The Balaban J connectivity index is 1.72. The number of aryl methyl sites for hydroxylation is 3. The summed E-state index contributed by atoms with van der Waals surface area (Å²) in [6.07, 6.45) is 6.36. The van der Waals surface area contributed by atoms with Gasteiger partial charge in [0.05, 0.1) is 5.69 Å². The van der Waals surface area contributed by atoms with Crippen molar-refractivity contribution in [3.8, 4) is 0 Å². The number of likely N-dealkylation sites (tertiary alicyclic amines) is 1. The molecule has 0 bridgehead atoms. The summed E-state index contributed by atoms with van der Waals surface area (Å²) >= 11 is 0. The average molecular weight is 363 g/mol. The van der Waals surface area contributed by atoms with Crippen molar-refractivity contribution in [3.63, 3.8) is 0 Å². The molecule has 2 rings (SSSR count). The van der Waals surface area contributed by atoms with E-state index >= 15 is 0 Å². The minimum Gasteiger partial charge on any atom is -0.357 e. The molecule has 148 valence electrons. The van der Waals surface area contributed by atoms with Crippen molar-refractivity contribution in [2.24, 2.45) is 4.99 Å². The van der Waals surface area contributed by atoms with Crippen molar-refractivity contribution in [1.29, 1.82) is 0 Å². The number of rotatable bonds is 9. The molecule has 6 heteroatoms. The van der Waals surface area contributed by atoms with Crippen molar-refractivity contribution >= 4 is 5.96 Å². The minimum atomic E-state index is 0.769. The van der Waals surface area contributed by atoms with Gasteiger partial charge in [0.1, 0.15) is 0 Å². The zero-order valence-corrected chi connectivity index (χ0v) is 17.2. The Morgan fingerprint density at radius 1 is 1.23 bits per heavy atom. The molecular weight excluding hydrogens is 324 g/mol. The van der Waals surface area contributed by atoms with Crippen LogP contribution in [0.1, 0.15) is 57.3 Å². The van der Waals surface area contributed by atoms with Crippen LogP contribution in [0.2, 0.25) is 0 Å². The molecule has 2 N–H and O–H groups in total. The van der Waals surface area contributed by atoms with E-state index in [0.717, 1.165) is 56.8 Å². The predicted octanol–water partition coefficient (Wildman–Crippen LogP) is 2.71. The van der Waals surface area contributed by atoms with Crippen LogP contribution in [0.5, 0.6) is 0 Å². The highest BCUT2D eigenvalue weighted by Gasteiger charge is 2.19. The number of nitrogens with zero attached hydrogens (tertiary/aromatic N) is 4. The Bertz CT molecular complexity index is 550. The largest absolute Gasteiger partial charge is 0.357 e. The highest BCUT2D eigenvalue weighted by atomic mass is 15.3. The number of aromatic nitrogens is 2. The lowest BCUT2D eigenvalue weighted by Crippen LogP contribution is -2.46. The SMILES string of the molecule is CCNC(=NCCCn1nc(C)cc1C)NCCN1CCCCC1CC. The van der Waals surface area contributed by atoms with Crippen LogP contribution in [-0.2, 0) is 6.54 Å². The zero-order valence-electron chi connectivity index (χ0n) is 17.2. The summed E-state index contributed by atoms with van der Waals surface area (Å²) in [6.45, 7) is 14.5. The fourth-order valence-electron chi connectivity index (χ4n) is 3.79. The van der Waals surface area contributed by atoms with Gasteiger partial charge in [-0.2, -0.15) is 5.10 Å². The fraction of sp³-hybridized carbons (Fsp3) is 0.800. The van der Waals surface area contributed by atoms with E-state index in [4.69, 9.17) is 4.99 Å². The summed E-state index contributed by atoms with van der Waals surface area (Å²) in [6, 6.07) is 2.89. The van der Waals surface area contributed by atoms with Crippen LogP contribution in [0, 0.1) is 13.8 Å². The highest BCUT2D eigenvalue weighted by Crippen LogP contribution is 2.18. The van der Waals surface area contributed by atoms with E-state index in [1.165, 1.54) is 37.9 Å². The van der Waals surface area contributed by atoms with E-state index < -0.39 is 0 Å². The van der Waals surface area contributed by atoms with Gasteiger partial charge in [-0.15, -0.1) is 0 Å². The van der Waals surface area contributed by atoms with Crippen LogP contribution in [0.25, 0.3) is 0 Å². The molecule has 1 aliphatic rings. The predicted molar refractivity (Wildman–Crippen MR) is 110 cm³/mol. The van der Waals surface area contributed by atoms with Crippen LogP contribution >= 0.6 is 0 Å². The van der Waals surface area contributed by atoms with Gasteiger partial charge in [-0.1, -0.05) is 13.3 Å². The third-order valence-electron chi connectivity index (χ3n) is 5.16. The van der Waals surface area contributed by atoms with Crippen molar-refractivity contribution in [2.45, 2.75) is 72.4 Å². The molecule has 1 aromatic heterocycles. The van der Waals surface area contributed by atoms with Gasteiger partial charge in [-0.05, 0) is 59.1 Å². The Morgan fingerprint density at radius 2 is 2.08 bits per heavy atom. The fourth-order valence-corrected chi connectivity index (χ4v) is 3.79. The third-order valence-corrected chi connectivity index (χ3v) is 5.16. The molecule has 0 radical (unpaired) electrons. The summed E-state index contributed by atoms with van der Waals surface area (Å²) in [5.74, 6) is 0.936. The molecule has 1 unspecified atom stereocenters. The summed E-state index contributed by atoms with van der Waals surface area (Å²) in [5, 5.41) is 11.4. The van der Waals surface area contributed by atoms with Crippen LogP contribution in [0.3, 0.4) is 0 Å². The van der Waals surface area contributed by atoms with Gasteiger partial charge >= 0.3 is 0 Å². The smallest absolute Gasteiger partial charge is 0.191 e. The van der Waals surface area contributed by atoms with E-state index in [1.54, 1.807) is 0 Å². The van der Waals surface area contributed by atoms with Gasteiger partial charge in [0.2, 0.25) is 0 Å². The lowest BCUT2D eigenvalue weighted by Gasteiger charge is -2.35. The van der Waals surface area contributed by atoms with Crippen molar-refractivity contribution < 1.29 is 0 Å². The number of hydrogen-bond acceptors (Lipinski definition) is 3. The lowest BCUT2D eigenvalue weighted by molar-refractivity contribution is 0.147. The minimum absolute atomic E-state index is 0.769. The quantitative estimate of drug-likeness (QED) is 0.403. The molecule has 1 atom stereocenters. The maximum atomic E-state index is 4.72. The first kappa shape index (κ1) is 20.7. The Labute approximate surface area is 159 Å². The van der Waals surface area contributed by atoms with Gasteiger partial charge in [-0.3, -0.25) is 14.6 Å². The molecule has 1 saturated heterocycles. The summed E-state index contributed by atoms with van der Waals surface area (Å²) < 4.78 is 2.08. The second-order valence-electron chi connectivity index (χ2n) is 7.29. The number of nitrogens with one attached hydrogen (secondary N) is 2. The third kappa shape index (κ3) is 6.63. The first-order valence-corrected chi connectivity index (χ1v) is 10.4. The number of guanidine groups is 1. The normalized spacial score (nSPS) is 18.9. The molecule has 26 heavy (non-hydrogen) atoms. The van der Waals surface area contributed by atoms with Gasteiger partial charge in [0.25, 0.3) is 0 Å². The van der Waals surface area contributed by atoms with Gasteiger partial charge in [-0.25, -0.2) is 0 Å². The van der Waals surface area contributed by atoms with Crippen molar-refractivity contribution in [3.05, 3.63) is 17.5 Å². The van der Waals surface area contributed by atoms with E-state index in [1.807, 2.05) is 6.92 Å². The maximum Gasteiger partial charge on any atom is 0.191 e. The first-order chi connectivity index (χ1) is 12.6. The lowest BCUT2D eigenvalue weighted by atomic mass is 10.0. The summed E-state index contributed by atoms with van der Waals surface area (Å²) in [5.41, 5.74) is 2.31. The number of piperidine rings is 1. The van der Waals surface area contributed by atoms with Crippen molar-refractivity contribution in [1.82, 2.24) is 25.3 Å². The molecule has 6 nitrogen and oxygen atoms in total. The highest BCUT2D eigenvalue weighted by molar-refractivity contribution is 5.79. The molecule has 0 saturated carbocycles. The topological polar surface area (TPSA) is 57.5 Å². The monoisotopic (exact) mass is 362 g/mol. The Morgan fingerprint density at radius 3 is 2.77 bits per heavy atom.